The van der Waals surface area contributed by atoms with Gasteiger partial charge >= 0.3 is 0 Å². The summed E-state index contributed by atoms with van der Waals surface area (Å²) >= 11 is 0. The van der Waals surface area contributed by atoms with E-state index in [1.165, 1.54) is 0 Å². The Hall–Kier alpha value is -1.20. The van der Waals surface area contributed by atoms with E-state index in [9.17, 15) is 0 Å². The average Bonchev–Trinajstić information content (AvgIpc) is 2.32. The summed E-state index contributed by atoms with van der Waals surface area (Å²) < 4.78 is 5.28. The van der Waals surface area contributed by atoms with Crippen LogP contribution in [-0.4, -0.2) is 54.3 Å². The standard InChI is InChI=1S/C10H15N4O/c1-2-11-9-13-10(1)12-3-4-14-5-7-15-8-6-14/h1-2H,3-8H2,(H,11,12,13). The number of nitrogens with zero attached hydrogens (tertiary/aromatic N) is 3. The number of nitrogens with one attached hydrogen (secondary N) is 1. The molecule has 1 saturated heterocycles. The molecular formula is C10H15N4O. The first-order valence-corrected chi connectivity index (χ1v) is 5.18. The van der Waals surface area contributed by atoms with E-state index >= 15 is 0 Å². The van der Waals surface area contributed by atoms with Crippen LogP contribution in [0.1, 0.15) is 0 Å². The van der Waals surface area contributed by atoms with Gasteiger partial charge in [0.25, 0.3) is 0 Å². The first kappa shape index (κ1) is 10.3. The molecule has 2 heterocycles. The van der Waals surface area contributed by atoms with Crippen LogP contribution in [0.4, 0.5) is 5.82 Å². The Morgan fingerprint density at radius 2 is 2.33 bits per heavy atom. The van der Waals surface area contributed by atoms with Gasteiger partial charge in [-0.05, 0) is 6.07 Å². The number of hydrogen-bond acceptors (Lipinski definition) is 5. The van der Waals surface area contributed by atoms with Gasteiger partial charge in [-0.1, -0.05) is 0 Å². The van der Waals surface area contributed by atoms with Crippen LogP contribution in [0.25, 0.3) is 0 Å². The Kier molecular flexibility index (Phi) is 3.87. The molecule has 0 amide bonds. The molecule has 2 rings (SSSR count). The highest BCUT2D eigenvalue weighted by atomic mass is 16.5. The molecule has 1 N–H and O–H groups in total. The first-order valence-electron chi connectivity index (χ1n) is 5.18. The number of morpholine rings is 1. The Bertz CT molecular complexity index is 274. The lowest BCUT2D eigenvalue weighted by atomic mass is 10.4. The van der Waals surface area contributed by atoms with Crippen LogP contribution >= 0.6 is 0 Å². The second kappa shape index (κ2) is 5.63. The van der Waals surface area contributed by atoms with E-state index in [0.29, 0.717) is 0 Å². The maximum atomic E-state index is 5.28. The van der Waals surface area contributed by atoms with E-state index in [0.717, 1.165) is 45.2 Å². The molecule has 0 spiro atoms. The van der Waals surface area contributed by atoms with Gasteiger partial charge in [0.15, 0.2) is 6.33 Å². The molecular weight excluding hydrogens is 192 g/mol. The van der Waals surface area contributed by atoms with Gasteiger partial charge in [-0.25, -0.2) is 9.97 Å². The minimum atomic E-state index is 0.832. The van der Waals surface area contributed by atoms with Crippen LogP contribution < -0.4 is 5.32 Å². The second-order valence-corrected chi connectivity index (χ2v) is 3.42. The van der Waals surface area contributed by atoms with Crippen molar-refractivity contribution in [2.24, 2.45) is 0 Å². The molecule has 0 aliphatic carbocycles. The van der Waals surface area contributed by atoms with Gasteiger partial charge in [0.05, 0.1) is 13.2 Å². The monoisotopic (exact) mass is 207 g/mol. The molecule has 1 aliphatic heterocycles. The molecule has 5 nitrogen and oxygen atoms in total. The summed E-state index contributed by atoms with van der Waals surface area (Å²) in [7, 11) is 0. The van der Waals surface area contributed by atoms with Gasteiger partial charge in [0, 0.05) is 32.4 Å². The van der Waals surface area contributed by atoms with Crippen molar-refractivity contribution < 1.29 is 4.74 Å². The van der Waals surface area contributed by atoms with Crippen LogP contribution in [0.15, 0.2) is 12.3 Å². The average molecular weight is 207 g/mol. The molecule has 1 aliphatic rings. The fourth-order valence-electron chi connectivity index (χ4n) is 1.53. The minimum absolute atomic E-state index is 0.832. The molecule has 0 aromatic carbocycles. The molecule has 5 heteroatoms. The number of hydrogen-bond donors (Lipinski definition) is 1. The van der Waals surface area contributed by atoms with Crippen molar-refractivity contribution in [3.8, 4) is 0 Å². The largest absolute Gasteiger partial charge is 0.379 e. The van der Waals surface area contributed by atoms with Crippen molar-refractivity contribution in [1.29, 1.82) is 0 Å². The van der Waals surface area contributed by atoms with E-state index in [4.69, 9.17) is 4.74 Å². The highest BCUT2D eigenvalue weighted by Gasteiger charge is 2.08. The summed E-state index contributed by atoms with van der Waals surface area (Å²) in [5, 5.41) is 3.23. The lowest BCUT2D eigenvalue weighted by molar-refractivity contribution is 0.0398. The molecule has 0 unspecified atom stereocenters. The summed E-state index contributed by atoms with van der Waals surface area (Å²) in [4.78, 5) is 10.1. The Balaban J connectivity index is 1.66. The van der Waals surface area contributed by atoms with E-state index in [1.54, 1.807) is 6.20 Å². The number of anilines is 1. The molecule has 0 atom stereocenters. The molecule has 1 aromatic rings. The number of aromatic nitrogens is 2. The first-order chi connectivity index (χ1) is 7.45. The summed E-state index contributed by atoms with van der Waals surface area (Å²) in [5.74, 6) is 0.832. The van der Waals surface area contributed by atoms with E-state index in [2.05, 4.69) is 26.5 Å². The fraction of sp³-hybridized carbons (Fsp3) is 0.600. The van der Waals surface area contributed by atoms with Crippen molar-refractivity contribution in [3.05, 3.63) is 18.6 Å². The van der Waals surface area contributed by atoms with Crippen molar-refractivity contribution in [2.75, 3.05) is 44.7 Å². The highest BCUT2D eigenvalue weighted by molar-refractivity contribution is 5.30. The normalized spacial score (nSPS) is 17.6. The molecule has 1 aromatic heterocycles. The minimum Gasteiger partial charge on any atom is -0.379 e. The summed E-state index contributed by atoms with van der Waals surface area (Å²) in [6.45, 7) is 5.66. The molecule has 15 heavy (non-hydrogen) atoms. The van der Waals surface area contributed by atoms with Crippen LogP contribution in [0, 0.1) is 6.33 Å². The second-order valence-electron chi connectivity index (χ2n) is 3.42. The van der Waals surface area contributed by atoms with Gasteiger partial charge in [-0.3, -0.25) is 4.90 Å². The summed E-state index contributed by atoms with van der Waals surface area (Å²) in [6.07, 6.45) is 4.24. The van der Waals surface area contributed by atoms with Crippen molar-refractivity contribution in [2.45, 2.75) is 0 Å². The molecule has 0 saturated carbocycles. The molecule has 81 valence electrons. The fourth-order valence-corrected chi connectivity index (χ4v) is 1.53. The van der Waals surface area contributed by atoms with Crippen LogP contribution in [0.3, 0.4) is 0 Å². The Morgan fingerprint density at radius 1 is 1.47 bits per heavy atom. The molecule has 0 bridgehead atoms. The third-order valence-electron chi connectivity index (χ3n) is 2.37. The highest BCUT2D eigenvalue weighted by Crippen LogP contribution is 1.99. The van der Waals surface area contributed by atoms with E-state index in [-0.39, 0.29) is 0 Å². The zero-order valence-electron chi connectivity index (χ0n) is 8.65. The zero-order valence-corrected chi connectivity index (χ0v) is 8.65. The van der Waals surface area contributed by atoms with Crippen LogP contribution in [-0.2, 0) is 4.74 Å². The van der Waals surface area contributed by atoms with Crippen LogP contribution in [0.5, 0.6) is 0 Å². The van der Waals surface area contributed by atoms with Crippen molar-refractivity contribution in [1.82, 2.24) is 14.9 Å². The van der Waals surface area contributed by atoms with Crippen LogP contribution in [0.2, 0.25) is 0 Å². The maximum absolute atomic E-state index is 5.28. The van der Waals surface area contributed by atoms with Gasteiger partial charge in [0.1, 0.15) is 5.82 Å². The predicted octanol–water partition coefficient (Wildman–Crippen LogP) is 0.0209. The maximum Gasteiger partial charge on any atom is 0.199 e. The van der Waals surface area contributed by atoms with Crippen molar-refractivity contribution >= 4 is 5.82 Å². The third-order valence-corrected chi connectivity index (χ3v) is 2.37. The Labute approximate surface area is 89.5 Å². The van der Waals surface area contributed by atoms with E-state index in [1.807, 2.05) is 6.07 Å². The molecule has 1 fully saturated rings. The molecule has 1 radical (unpaired) electrons. The zero-order chi connectivity index (χ0) is 10.3. The quantitative estimate of drug-likeness (QED) is 0.754. The third kappa shape index (κ3) is 3.45. The number of rotatable bonds is 4. The van der Waals surface area contributed by atoms with Gasteiger partial charge in [-0.15, -0.1) is 0 Å². The van der Waals surface area contributed by atoms with Gasteiger partial charge < -0.3 is 10.1 Å². The SMILES string of the molecule is [c]1nccc(NCCN2CCOCC2)n1. The van der Waals surface area contributed by atoms with Gasteiger partial charge in [0.2, 0.25) is 0 Å². The topological polar surface area (TPSA) is 50.3 Å². The number of ether oxygens (including phenoxy) is 1. The summed E-state index contributed by atoms with van der Waals surface area (Å²) in [6, 6.07) is 1.84. The lowest BCUT2D eigenvalue weighted by Gasteiger charge is -2.26. The summed E-state index contributed by atoms with van der Waals surface area (Å²) in [5.41, 5.74) is 0. The lowest BCUT2D eigenvalue weighted by Crippen LogP contribution is -2.39. The predicted molar refractivity (Wildman–Crippen MR) is 56.6 cm³/mol. The van der Waals surface area contributed by atoms with Crippen molar-refractivity contribution in [3.63, 3.8) is 0 Å². The van der Waals surface area contributed by atoms with Gasteiger partial charge in [-0.2, -0.15) is 0 Å². The smallest absolute Gasteiger partial charge is 0.199 e. The van der Waals surface area contributed by atoms with E-state index < -0.39 is 0 Å². The Morgan fingerprint density at radius 3 is 3.07 bits per heavy atom.